The van der Waals surface area contributed by atoms with Gasteiger partial charge >= 0.3 is 0 Å². The average Bonchev–Trinajstić information content (AvgIpc) is 2.38. The normalized spacial score (nSPS) is 10.0. The Morgan fingerprint density at radius 1 is 1.12 bits per heavy atom. The van der Waals surface area contributed by atoms with Gasteiger partial charge in [-0.3, -0.25) is 4.79 Å². The van der Waals surface area contributed by atoms with Crippen LogP contribution in [-0.2, 0) is 0 Å². The fraction of sp³-hybridized carbons (Fsp3) is 0.0714. The minimum absolute atomic E-state index is 0.339. The van der Waals surface area contributed by atoms with E-state index in [0.717, 1.165) is 6.29 Å². The van der Waals surface area contributed by atoms with Crippen molar-refractivity contribution in [2.24, 2.45) is 0 Å². The third-order valence-electron chi connectivity index (χ3n) is 2.52. The molecule has 0 aliphatic carbocycles. The van der Waals surface area contributed by atoms with Crippen LogP contribution < -0.4 is 4.74 Å². The summed E-state index contributed by atoms with van der Waals surface area (Å²) in [5, 5.41) is 0. The lowest BCUT2D eigenvalue weighted by Crippen LogP contribution is -1.92. The molecular weight excluding hydrogens is 219 g/mol. The molecule has 2 rings (SSSR count). The van der Waals surface area contributed by atoms with Crippen molar-refractivity contribution < 1.29 is 13.9 Å². The van der Waals surface area contributed by atoms with Crippen molar-refractivity contribution in [2.45, 2.75) is 0 Å². The molecule has 0 bridgehead atoms. The number of rotatable bonds is 3. The van der Waals surface area contributed by atoms with Crippen molar-refractivity contribution in [1.29, 1.82) is 0 Å². The van der Waals surface area contributed by atoms with E-state index in [1.54, 1.807) is 36.4 Å². The van der Waals surface area contributed by atoms with Crippen LogP contribution in [0.4, 0.5) is 4.39 Å². The van der Waals surface area contributed by atoms with E-state index in [1.807, 2.05) is 0 Å². The molecule has 0 aliphatic heterocycles. The van der Waals surface area contributed by atoms with Gasteiger partial charge in [-0.15, -0.1) is 0 Å². The Morgan fingerprint density at radius 3 is 2.53 bits per heavy atom. The minimum atomic E-state index is -0.339. The van der Waals surface area contributed by atoms with Gasteiger partial charge in [-0.25, -0.2) is 4.39 Å². The van der Waals surface area contributed by atoms with E-state index >= 15 is 0 Å². The van der Waals surface area contributed by atoms with Gasteiger partial charge < -0.3 is 4.74 Å². The number of halogens is 1. The summed E-state index contributed by atoms with van der Waals surface area (Å²) in [5.41, 5.74) is 1.49. The fourth-order valence-electron chi connectivity index (χ4n) is 1.69. The molecule has 17 heavy (non-hydrogen) atoms. The van der Waals surface area contributed by atoms with Crippen molar-refractivity contribution >= 4 is 6.29 Å². The van der Waals surface area contributed by atoms with E-state index in [2.05, 4.69) is 0 Å². The van der Waals surface area contributed by atoms with Gasteiger partial charge in [-0.2, -0.15) is 0 Å². The number of methoxy groups -OCH3 is 1. The lowest BCUT2D eigenvalue weighted by molar-refractivity contribution is 0.112. The quantitative estimate of drug-likeness (QED) is 0.756. The highest BCUT2D eigenvalue weighted by molar-refractivity contribution is 5.81. The second-order valence-electron chi connectivity index (χ2n) is 3.56. The highest BCUT2D eigenvalue weighted by Crippen LogP contribution is 2.32. The van der Waals surface area contributed by atoms with Crippen LogP contribution in [0.5, 0.6) is 5.75 Å². The predicted molar refractivity (Wildman–Crippen MR) is 63.8 cm³/mol. The van der Waals surface area contributed by atoms with Crippen molar-refractivity contribution in [3.63, 3.8) is 0 Å². The summed E-state index contributed by atoms with van der Waals surface area (Å²) >= 11 is 0. The Labute approximate surface area is 98.7 Å². The summed E-state index contributed by atoms with van der Waals surface area (Å²) in [6.45, 7) is 0. The third kappa shape index (κ3) is 2.18. The van der Waals surface area contributed by atoms with E-state index in [-0.39, 0.29) is 5.82 Å². The summed E-state index contributed by atoms with van der Waals surface area (Å²) in [6.07, 6.45) is 0.726. The molecule has 0 spiro atoms. The number of carbonyl (C=O) groups is 1. The summed E-state index contributed by atoms with van der Waals surface area (Å²) < 4.78 is 18.9. The molecule has 2 aromatic rings. The Kier molecular flexibility index (Phi) is 3.19. The Hall–Kier alpha value is -2.16. The van der Waals surface area contributed by atoms with Crippen molar-refractivity contribution in [3.8, 4) is 16.9 Å². The maximum Gasteiger partial charge on any atom is 0.150 e. The third-order valence-corrected chi connectivity index (χ3v) is 2.52. The average molecular weight is 230 g/mol. The topological polar surface area (TPSA) is 26.3 Å². The molecule has 0 unspecified atom stereocenters. The monoisotopic (exact) mass is 230 g/mol. The van der Waals surface area contributed by atoms with E-state index < -0.39 is 0 Å². The molecule has 0 heterocycles. The van der Waals surface area contributed by atoms with Crippen LogP contribution in [0.3, 0.4) is 0 Å². The van der Waals surface area contributed by atoms with Gasteiger partial charge in [-0.1, -0.05) is 18.2 Å². The molecule has 3 heteroatoms. The largest absolute Gasteiger partial charge is 0.496 e. The number of ether oxygens (including phenoxy) is 1. The smallest absolute Gasteiger partial charge is 0.150 e. The molecule has 0 radical (unpaired) electrons. The Bertz CT molecular complexity index is 550. The van der Waals surface area contributed by atoms with Crippen molar-refractivity contribution in [3.05, 3.63) is 53.8 Å². The standard InChI is InChI=1S/C14H11FO2/c1-17-14-7-6-10(9-16)8-12(14)11-4-2-3-5-13(11)15/h2-9H,1H3. The maximum absolute atomic E-state index is 13.7. The first kappa shape index (κ1) is 11.3. The number of carbonyl (C=O) groups excluding carboxylic acids is 1. The number of benzene rings is 2. The number of hydrogen-bond acceptors (Lipinski definition) is 2. The number of aldehydes is 1. The molecule has 86 valence electrons. The van der Waals surface area contributed by atoms with Gasteiger partial charge in [0.25, 0.3) is 0 Å². The van der Waals surface area contributed by atoms with Crippen molar-refractivity contribution in [2.75, 3.05) is 7.11 Å². The van der Waals surface area contributed by atoms with Gasteiger partial charge in [0, 0.05) is 16.7 Å². The summed E-state index contributed by atoms with van der Waals surface area (Å²) in [4.78, 5) is 10.7. The zero-order chi connectivity index (χ0) is 12.3. The SMILES string of the molecule is COc1ccc(C=O)cc1-c1ccccc1F. The molecule has 0 saturated heterocycles. The number of hydrogen-bond donors (Lipinski definition) is 0. The fourth-order valence-corrected chi connectivity index (χ4v) is 1.69. The van der Waals surface area contributed by atoms with Gasteiger partial charge in [0.2, 0.25) is 0 Å². The van der Waals surface area contributed by atoms with Crippen molar-refractivity contribution in [1.82, 2.24) is 0 Å². The Balaban J connectivity index is 2.64. The molecule has 0 aliphatic rings. The maximum atomic E-state index is 13.7. The molecule has 2 nitrogen and oxygen atoms in total. The van der Waals surface area contributed by atoms with E-state index in [4.69, 9.17) is 4.74 Å². The van der Waals surface area contributed by atoms with Crippen LogP contribution in [0.25, 0.3) is 11.1 Å². The molecule has 0 amide bonds. The molecule has 0 aromatic heterocycles. The predicted octanol–water partition coefficient (Wildman–Crippen LogP) is 3.31. The van der Waals surface area contributed by atoms with Gasteiger partial charge in [0.15, 0.2) is 0 Å². The highest BCUT2D eigenvalue weighted by atomic mass is 19.1. The summed E-state index contributed by atoms with van der Waals surface area (Å²) in [7, 11) is 1.51. The lowest BCUT2D eigenvalue weighted by atomic mass is 10.0. The van der Waals surface area contributed by atoms with E-state index in [9.17, 15) is 9.18 Å². The minimum Gasteiger partial charge on any atom is -0.496 e. The van der Waals surface area contributed by atoms with Crippen LogP contribution in [0.2, 0.25) is 0 Å². The summed E-state index contributed by atoms with van der Waals surface area (Å²) in [6, 6.07) is 11.3. The first-order valence-electron chi connectivity index (χ1n) is 5.14. The molecule has 0 atom stereocenters. The molecular formula is C14H11FO2. The molecule has 0 saturated carbocycles. The Morgan fingerprint density at radius 2 is 1.88 bits per heavy atom. The second-order valence-corrected chi connectivity index (χ2v) is 3.56. The van der Waals surface area contributed by atoms with Gasteiger partial charge in [0.05, 0.1) is 7.11 Å². The zero-order valence-electron chi connectivity index (χ0n) is 9.31. The van der Waals surface area contributed by atoms with Gasteiger partial charge in [-0.05, 0) is 24.3 Å². The lowest BCUT2D eigenvalue weighted by Gasteiger charge is -2.09. The van der Waals surface area contributed by atoms with Crippen LogP contribution in [-0.4, -0.2) is 13.4 Å². The zero-order valence-corrected chi connectivity index (χ0v) is 9.31. The molecule has 2 aromatic carbocycles. The van der Waals surface area contributed by atoms with Crippen LogP contribution >= 0.6 is 0 Å². The second kappa shape index (κ2) is 4.78. The molecule has 0 N–H and O–H groups in total. The van der Waals surface area contributed by atoms with Crippen LogP contribution in [0.1, 0.15) is 10.4 Å². The van der Waals surface area contributed by atoms with Gasteiger partial charge in [0.1, 0.15) is 17.9 Å². The first-order chi connectivity index (χ1) is 8.26. The molecule has 0 fully saturated rings. The van der Waals surface area contributed by atoms with E-state index in [1.165, 1.54) is 13.2 Å². The van der Waals surface area contributed by atoms with Crippen LogP contribution in [0.15, 0.2) is 42.5 Å². The van der Waals surface area contributed by atoms with Crippen LogP contribution in [0, 0.1) is 5.82 Å². The first-order valence-corrected chi connectivity index (χ1v) is 5.14. The highest BCUT2D eigenvalue weighted by Gasteiger charge is 2.10. The van der Waals surface area contributed by atoms with E-state index in [0.29, 0.717) is 22.4 Å². The summed E-state index contributed by atoms with van der Waals surface area (Å²) in [5.74, 6) is 0.203.